The lowest BCUT2D eigenvalue weighted by Gasteiger charge is -2.32. The molecule has 0 aliphatic carbocycles. The topological polar surface area (TPSA) is 174 Å². The smallest absolute Gasteiger partial charge is 0.269 e. The summed E-state index contributed by atoms with van der Waals surface area (Å²) in [5, 5.41) is 35.8. The van der Waals surface area contributed by atoms with Crippen molar-refractivity contribution in [2.75, 3.05) is 45.2 Å². The number of anilines is 1. The standard InChI is InChI=1S/C33H43N5O8S/c1-23(2)19-37(47(45,46)27-16-14-26(15-17-27)38(43)44)20-31(40)28(18-25-10-7-6-8-11-25)34-32(41)21-36(22-33(42)35(4)5)29-12-9-13-30(39)24(29)3/h6-17,23,28,31,39-40H,18-22H2,1-5H3,(H,34,41)/t28-,31-/m0/s1. The molecule has 3 aromatic carbocycles. The van der Waals surface area contributed by atoms with Crippen LogP contribution in [0.2, 0.25) is 0 Å². The van der Waals surface area contributed by atoms with E-state index in [-0.39, 0.29) is 60.8 Å². The molecule has 0 bridgehead atoms. The minimum atomic E-state index is -4.19. The number of phenolic OH excluding ortho intramolecular Hbond substituents is 1. The lowest BCUT2D eigenvalue weighted by Crippen LogP contribution is -2.53. The number of non-ortho nitro benzene ring substituents is 1. The maximum absolute atomic E-state index is 13.7. The SMILES string of the molecule is Cc1c(O)cccc1N(CC(=O)N[C@@H](Cc1ccccc1)[C@@H](O)CN(CC(C)C)S(=O)(=O)c1ccc([N+](=O)[O-])cc1)CC(=O)N(C)C. The summed E-state index contributed by atoms with van der Waals surface area (Å²) >= 11 is 0. The van der Waals surface area contributed by atoms with E-state index < -0.39 is 33.0 Å². The molecule has 2 atom stereocenters. The molecule has 0 aliphatic heterocycles. The van der Waals surface area contributed by atoms with Crippen LogP contribution in [0.15, 0.2) is 77.7 Å². The molecular weight excluding hydrogens is 626 g/mol. The normalized spacial score (nSPS) is 12.9. The molecule has 3 N–H and O–H groups in total. The fourth-order valence-corrected chi connectivity index (χ4v) is 6.59. The van der Waals surface area contributed by atoms with E-state index in [0.29, 0.717) is 11.3 Å². The van der Waals surface area contributed by atoms with Crippen LogP contribution in [0.25, 0.3) is 0 Å². The second-order valence-electron chi connectivity index (χ2n) is 12.0. The number of benzene rings is 3. The van der Waals surface area contributed by atoms with Crippen LogP contribution < -0.4 is 10.2 Å². The Bertz CT molecular complexity index is 1630. The van der Waals surface area contributed by atoms with E-state index in [2.05, 4.69) is 5.32 Å². The second kappa shape index (κ2) is 16.3. The predicted octanol–water partition coefficient (Wildman–Crippen LogP) is 2.94. The predicted molar refractivity (Wildman–Crippen MR) is 179 cm³/mol. The summed E-state index contributed by atoms with van der Waals surface area (Å²) in [6.07, 6.45) is -1.20. The third kappa shape index (κ3) is 10.2. The molecule has 47 heavy (non-hydrogen) atoms. The van der Waals surface area contributed by atoms with Crippen LogP contribution in [0.1, 0.15) is 25.0 Å². The van der Waals surface area contributed by atoms with Gasteiger partial charge in [0.05, 0.1) is 35.1 Å². The van der Waals surface area contributed by atoms with Gasteiger partial charge in [0.2, 0.25) is 21.8 Å². The van der Waals surface area contributed by atoms with E-state index >= 15 is 0 Å². The van der Waals surface area contributed by atoms with Crippen LogP contribution in [-0.2, 0) is 26.0 Å². The zero-order valence-corrected chi connectivity index (χ0v) is 28.1. The minimum absolute atomic E-state index is 0.00191. The number of aliphatic hydroxyl groups excluding tert-OH is 1. The Hall–Kier alpha value is -4.53. The highest BCUT2D eigenvalue weighted by atomic mass is 32.2. The van der Waals surface area contributed by atoms with Crippen molar-refractivity contribution in [3.05, 3.63) is 94.0 Å². The maximum atomic E-state index is 13.7. The average molecular weight is 670 g/mol. The molecule has 0 aromatic heterocycles. The van der Waals surface area contributed by atoms with Crippen molar-refractivity contribution in [1.29, 1.82) is 0 Å². The summed E-state index contributed by atoms with van der Waals surface area (Å²) in [6.45, 7) is 4.53. The number of hydrogen-bond acceptors (Lipinski definition) is 9. The number of nitrogens with zero attached hydrogens (tertiary/aromatic N) is 4. The van der Waals surface area contributed by atoms with E-state index in [1.54, 1.807) is 33.2 Å². The van der Waals surface area contributed by atoms with Crippen LogP contribution in [0.3, 0.4) is 0 Å². The lowest BCUT2D eigenvalue weighted by atomic mass is 10.0. The number of amides is 2. The molecule has 0 saturated carbocycles. The zero-order chi connectivity index (χ0) is 34.9. The lowest BCUT2D eigenvalue weighted by molar-refractivity contribution is -0.384. The summed E-state index contributed by atoms with van der Waals surface area (Å²) in [7, 11) is -1.00. The van der Waals surface area contributed by atoms with Gasteiger partial charge >= 0.3 is 0 Å². The summed E-state index contributed by atoms with van der Waals surface area (Å²) < 4.78 is 28.5. The molecule has 13 nitrogen and oxygen atoms in total. The van der Waals surface area contributed by atoms with E-state index in [1.807, 2.05) is 44.2 Å². The Morgan fingerprint density at radius 3 is 2.15 bits per heavy atom. The number of phenols is 1. The van der Waals surface area contributed by atoms with E-state index in [0.717, 1.165) is 34.1 Å². The fraction of sp³-hybridized carbons (Fsp3) is 0.394. The van der Waals surface area contributed by atoms with Crippen LogP contribution in [-0.4, -0.2) is 97.0 Å². The average Bonchev–Trinajstić information content (AvgIpc) is 3.01. The van der Waals surface area contributed by atoms with Gasteiger partial charge in [-0.1, -0.05) is 50.2 Å². The molecule has 0 fully saturated rings. The van der Waals surface area contributed by atoms with Crippen molar-refractivity contribution in [1.82, 2.24) is 14.5 Å². The van der Waals surface area contributed by atoms with Crippen molar-refractivity contribution >= 4 is 33.2 Å². The molecule has 0 saturated heterocycles. The highest BCUT2D eigenvalue weighted by molar-refractivity contribution is 7.89. The van der Waals surface area contributed by atoms with E-state index in [4.69, 9.17) is 0 Å². The minimum Gasteiger partial charge on any atom is -0.508 e. The Kier molecular flexibility index (Phi) is 12.8. The Balaban J connectivity index is 1.92. The number of aliphatic hydroxyl groups is 1. The largest absolute Gasteiger partial charge is 0.508 e. The van der Waals surface area contributed by atoms with Gasteiger partial charge in [0.15, 0.2) is 0 Å². The Morgan fingerprint density at radius 1 is 0.936 bits per heavy atom. The molecule has 14 heteroatoms. The second-order valence-corrected chi connectivity index (χ2v) is 13.9. The van der Waals surface area contributed by atoms with Gasteiger partial charge in [0, 0.05) is 50.6 Å². The molecule has 3 aromatic rings. The Morgan fingerprint density at radius 2 is 1.57 bits per heavy atom. The van der Waals surface area contributed by atoms with Crippen LogP contribution in [0.5, 0.6) is 5.75 Å². The van der Waals surface area contributed by atoms with Crippen molar-refractivity contribution in [3.63, 3.8) is 0 Å². The number of carbonyl (C=O) groups is 2. The quantitative estimate of drug-likeness (QED) is 0.153. The Labute approximate surface area is 275 Å². The molecular formula is C33H43N5O8S. The highest BCUT2D eigenvalue weighted by Crippen LogP contribution is 2.27. The summed E-state index contributed by atoms with van der Waals surface area (Å²) in [6, 6.07) is 17.5. The number of carbonyl (C=O) groups excluding carboxylic acids is 2. The first-order valence-corrected chi connectivity index (χ1v) is 16.5. The summed E-state index contributed by atoms with van der Waals surface area (Å²) in [4.78, 5) is 39.6. The first kappa shape index (κ1) is 36.9. The van der Waals surface area contributed by atoms with Crippen molar-refractivity contribution in [2.45, 2.75) is 44.2 Å². The van der Waals surface area contributed by atoms with Gasteiger partial charge in [-0.25, -0.2) is 8.42 Å². The number of nitro benzene ring substituents is 1. The van der Waals surface area contributed by atoms with Crippen molar-refractivity contribution in [2.24, 2.45) is 5.92 Å². The first-order chi connectivity index (χ1) is 22.1. The summed E-state index contributed by atoms with van der Waals surface area (Å²) in [5.41, 5.74) is 1.49. The first-order valence-electron chi connectivity index (χ1n) is 15.1. The van der Waals surface area contributed by atoms with Crippen molar-refractivity contribution in [3.8, 4) is 5.75 Å². The molecule has 0 unspecified atom stereocenters. The molecule has 2 amide bonds. The van der Waals surface area contributed by atoms with Gasteiger partial charge in [-0.05, 0) is 49.1 Å². The monoisotopic (exact) mass is 669 g/mol. The van der Waals surface area contributed by atoms with Gasteiger partial charge in [-0.2, -0.15) is 4.31 Å². The number of aromatic hydroxyl groups is 1. The molecule has 0 spiro atoms. The number of hydrogen-bond donors (Lipinski definition) is 3. The number of sulfonamides is 1. The third-order valence-corrected chi connectivity index (χ3v) is 9.38. The zero-order valence-electron chi connectivity index (χ0n) is 27.2. The number of likely N-dealkylation sites (N-methyl/N-ethyl adjacent to an activating group) is 1. The summed E-state index contributed by atoms with van der Waals surface area (Å²) in [5.74, 6) is -0.942. The van der Waals surface area contributed by atoms with Crippen LogP contribution in [0.4, 0.5) is 11.4 Å². The highest BCUT2D eigenvalue weighted by Gasteiger charge is 2.32. The van der Waals surface area contributed by atoms with Gasteiger partial charge in [0.1, 0.15) is 5.75 Å². The van der Waals surface area contributed by atoms with Gasteiger partial charge in [0.25, 0.3) is 5.69 Å². The molecule has 254 valence electrons. The van der Waals surface area contributed by atoms with Gasteiger partial charge in [-0.15, -0.1) is 0 Å². The van der Waals surface area contributed by atoms with Gasteiger partial charge in [-0.3, -0.25) is 19.7 Å². The third-order valence-electron chi connectivity index (χ3n) is 7.53. The number of nitrogens with one attached hydrogen (secondary N) is 1. The maximum Gasteiger partial charge on any atom is 0.269 e. The van der Waals surface area contributed by atoms with Crippen molar-refractivity contribution < 1.29 is 33.1 Å². The van der Waals surface area contributed by atoms with Crippen LogP contribution in [0, 0.1) is 23.0 Å². The van der Waals surface area contributed by atoms with E-state index in [9.17, 15) is 38.3 Å². The molecule has 0 heterocycles. The molecule has 0 aliphatic rings. The van der Waals surface area contributed by atoms with Crippen LogP contribution >= 0.6 is 0 Å². The molecule has 0 radical (unpaired) electrons. The molecule has 3 rings (SSSR count). The number of rotatable bonds is 16. The number of nitro groups is 1. The van der Waals surface area contributed by atoms with E-state index in [1.165, 1.54) is 15.9 Å². The fourth-order valence-electron chi connectivity index (χ4n) is 4.97. The van der Waals surface area contributed by atoms with Gasteiger partial charge < -0.3 is 25.3 Å².